The molecule has 2 aromatic rings. The Labute approximate surface area is 119 Å². The summed E-state index contributed by atoms with van der Waals surface area (Å²) in [5.41, 5.74) is 0.952. The molecule has 2 rings (SSSR count). The molecule has 3 N–H and O–H groups in total. The van der Waals surface area contributed by atoms with E-state index in [4.69, 9.17) is 5.84 Å². The summed E-state index contributed by atoms with van der Waals surface area (Å²) in [6, 6.07) is 4.54. The second-order valence-electron chi connectivity index (χ2n) is 4.20. The second kappa shape index (κ2) is 5.91. The van der Waals surface area contributed by atoms with Gasteiger partial charge in [-0.15, -0.1) is 10.2 Å². The highest BCUT2D eigenvalue weighted by atomic mass is 32.2. The molecule has 0 unspecified atom stereocenters. The lowest BCUT2D eigenvalue weighted by atomic mass is 10.2. The molecular formula is C12H14FN5OS. The highest BCUT2D eigenvalue weighted by Crippen LogP contribution is 2.16. The number of halogens is 1. The van der Waals surface area contributed by atoms with E-state index in [0.717, 1.165) is 11.8 Å². The lowest BCUT2D eigenvalue weighted by molar-refractivity contribution is -0.113. The molecule has 1 heterocycles. The monoisotopic (exact) mass is 295 g/mol. The molecule has 106 valence electrons. The van der Waals surface area contributed by atoms with Crippen LogP contribution in [0.5, 0.6) is 0 Å². The van der Waals surface area contributed by atoms with Gasteiger partial charge in [0.1, 0.15) is 11.6 Å². The minimum absolute atomic E-state index is 0.116. The maximum Gasteiger partial charge on any atom is 0.234 e. The molecule has 0 fully saturated rings. The Morgan fingerprint density at radius 2 is 2.20 bits per heavy atom. The molecule has 1 aromatic heterocycles. The highest BCUT2D eigenvalue weighted by Gasteiger charge is 2.10. The van der Waals surface area contributed by atoms with Crippen LogP contribution < -0.4 is 11.2 Å². The van der Waals surface area contributed by atoms with Gasteiger partial charge < -0.3 is 11.2 Å². The van der Waals surface area contributed by atoms with Crippen molar-refractivity contribution in [2.24, 2.45) is 0 Å². The molecule has 0 saturated heterocycles. The maximum atomic E-state index is 13.3. The van der Waals surface area contributed by atoms with E-state index in [1.165, 1.54) is 10.7 Å². The largest absolute Gasteiger partial charge is 0.336 e. The number of carbonyl (C=O) groups excluding carboxylic acids is 1. The number of benzene rings is 1. The van der Waals surface area contributed by atoms with Crippen LogP contribution in [0, 0.1) is 19.7 Å². The molecule has 0 saturated carbocycles. The zero-order valence-corrected chi connectivity index (χ0v) is 11.9. The van der Waals surface area contributed by atoms with Crippen LogP contribution in [0.3, 0.4) is 0 Å². The number of hydrogen-bond donors (Lipinski definition) is 2. The van der Waals surface area contributed by atoms with Gasteiger partial charge in [-0.25, -0.2) is 9.07 Å². The van der Waals surface area contributed by atoms with Gasteiger partial charge in [0.25, 0.3) is 0 Å². The molecule has 0 aliphatic rings. The van der Waals surface area contributed by atoms with Crippen molar-refractivity contribution in [3.63, 3.8) is 0 Å². The Bertz CT molecular complexity index is 643. The van der Waals surface area contributed by atoms with Gasteiger partial charge in [0.2, 0.25) is 11.1 Å². The number of nitrogen functional groups attached to an aromatic ring is 1. The molecule has 20 heavy (non-hydrogen) atoms. The number of rotatable bonds is 4. The second-order valence-corrected chi connectivity index (χ2v) is 5.14. The lowest BCUT2D eigenvalue weighted by Gasteiger charge is -2.06. The first kappa shape index (κ1) is 14.3. The van der Waals surface area contributed by atoms with Crippen molar-refractivity contribution in [2.75, 3.05) is 16.9 Å². The summed E-state index contributed by atoms with van der Waals surface area (Å²) in [5.74, 6) is 5.73. The van der Waals surface area contributed by atoms with E-state index in [0.29, 0.717) is 22.2 Å². The van der Waals surface area contributed by atoms with E-state index in [-0.39, 0.29) is 17.5 Å². The van der Waals surface area contributed by atoms with Crippen molar-refractivity contribution in [1.29, 1.82) is 0 Å². The summed E-state index contributed by atoms with van der Waals surface area (Å²) in [6.45, 7) is 3.37. The van der Waals surface area contributed by atoms with Crippen molar-refractivity contribution in [1.82, 2.24) is 14.9 Å². The van der Waals surface area contributed by atoms with Crippen molar-refractivity contribution < 1.29 is 9.18 Å². The topological polar surface area (TPSA) is 85.8 Å². The SMILES string of the molecule is Cc1ccc(NC(=O)CSc2nnc(C)n2N)cc1F. The average Bonchev–Trinajstić information content (AvgIpc) is 2.72. The molecule has 0 aliphatic carbocycles. The number of anilines is 1. The Morgan fingerprint density at radius 1 is 1.45 bits per heavy atom. The van der Waals surface area contributed by atoms with Gasteiger partial charge in [-0.1, -0.05) is 17.8 Å². The number of nitrogens with two attached hydrogens (primary N) is 1. The summed E-state index contributed by atoms with van der Waals surface area (Å²) < 4.78 is 14.7. The van der Waals surface area contributed by atoms with Gasteiger partial charge in [0, 0.05) is 5.69 Å². The van der Waals surface area contributed by atoms with E-state index >= 15 is 0 Å². The highest BCUT2D eigenvalue weighted by molar-refractivity contribution is 7.99. The number of amides is 1. The third kappa shape index (κ3) is 3.27. The van der Waals surface area contributed by atoms with E-state index < -0.39 is 0 Å². The van der Waals surface area contributed by atoms with Crippen LogP contribution in [0.4, 0.5) is 10.1 Å². The van der Waals surface area contributed by atoms with E-state index in [1.54, 1.807) is 26.0 Å². The standard InChI is InChI=1S/C12H14FN5OS/c1-7-3-4-9(5-10(7)13)15-11(19)6-20-12-17-16-8(2)18(12)14/h3-5H,6,14H2,1-2H3,(H,15,19). The van der Waals surface area contributed by atoms with Crippen LogP contribution in [0.25, 0.3) is 0 Å². The van der Waals surface area contributed by atoms with Gasteiger partial charge in [-0.05, 0) is 31.5 Å². The minimum Gasteiger partial charge on any atom is -0.336 e. The Morgan fingerprint density at radius 3 is 2.80 bits per heavy atom. The number of aromatic nitrogens is 3. The Kier molecular flexibility index (Phi) is 4.23. The molecule has 0 bridgehead atoms. The zero-order chi connectivity index (χ0) is 14.7. The van der Waals surface area contributed by atoms with Crippen LogP contribution >= 0.6 is 11.8 Å². The third-order valence-corrected chi connectivity index (χ3v) is 3.57. The van der Waals surface area contributed by atoms with Gasteiger partial charge in [-0.3, -0.25) is 4.79 Å². The Hall–Kier alpha value is -2.09. The molecule has 0 spiro atoms. The average molecular weight is 295 g/mol. The first-order valence-corrected chi connectivity index (χ1v) is 6.82. The van der Waals surface area contributed by atoms with Crippen molar-refractivity contribution in [2.45, 2.75) is 19.0 Å². The molecule has 1 aromatic carbocycles. The van der Waals surface area contributed by atoms with E-state index in [9.17, 15) is 9.18 Å². The molecule has 0 aliphatic heterocycles. The van der Waals surface area contributed by atoms with Gasteiger partial charge in [-0.2, -0.15) is 0 Å². The number of hydrogen-bond acceptors (Lipinski definition) is 5. The van der Waals surface area contributed by atoms with Crippen LogP contribution in [-0.4, -0.2) is 26.5 Å². The number of thioether (sulfide) groups is 1. The number of carbonyl (C=O) groups is 1. The predicted molar refractivity (Wildman–Crippen MR) is 75.4 cm³/mol. The smallest absolute Gasteiger partial charge is 0.234 e. The fourth-order valence-electron chi connectivity index (χ4n) is 1.45. The first-order chi connectivity index (χ1) is 9.47. The summed E-state index contributed by atoms with van der Waals surface area (Å²) in [6.07, 6.45) is 0. The van der Waals surface area contributed by atoms with E-state index in [2.05, 4.69) is 15.5 Å². The summed E-state index contributed by atoms with van der Waals surface area (Å²) in [5, 5.41) is 10.7. The van der Waals surface area contributed by atoms with E-state index in [1.807, 2.05) is 0 Å². The zero-order valence-electron chi connectivity index (χ0n) is 11.1. The van der Waals surface area contributed by atoms with Crippen LogP contribution in [-0.2, 0) is 4.79 Å². The molecule has 8 heteroatoms. The number of aryl methyl sites for hydroxylation is 2. The fraction of sp³-hybridized carbons (Fsp3) is 0.250. The van der Waals surface area contributed by atoms with Crippen LogP contribution in [0.15, 0.2) is 23.4 Å². The molecule has 6 nitrogen and oxygen atoms in total. The number of nitrogens with one attached hydrogen (secondary N) is 1. The van der Waals surface area contributed by atoms with Crippen molar-refractivity contribution in [3.05, 3.63) is 35.4 Å². The fourth-order valence-corrected chi connectivity index (χ4v) is 2.15. The summed E-state index contributed by atoms with van der Waals surface area (Å²) in [7, 11) is 0. The van der Waals surface area contributed by atoms with Crippen LogP contribution in [0.2, 0.25) is 0 Å². The minimum atomic E-state index is -0.354. The van der Waals surface area contributed by atoms with Crippen LogP contribution in [0.1, 0.15) is 11.4 Å². The number of nitrogens with zero attached hydrogens (tertiary/aromatic N) is 3. The summed E-state index contributed by atoms with van der Waals surface area (Å²) >= 11 is 1.16. The Balaban J connectivity index is 1.92. The maximum absolute atomic E-state index is 13.3. The lowest BCUT2D eigenvalue weighted by Crippen LogP contribution is -2.16. The quantitative estimate of drug-likeness (QED) is 0.659. The molecule has 0 atom stereocenters. The van der Waals surface area contributed by atoms with Crippen molar-refractivity contribution >= 4 is 23.4 Å². The van der Waals surface area contributed by atoms with Gasteiger partial charge in [0.15, 0.2) is 0 Å². The third-order valence-electron chi connectivity index (χ3n) is 2.62. The predicted octanol–water partition coefficient (Wildman–Crippen LogP) is 1.48. The molecule has 0 radical (unpaired) electrons. The molecular weight excluding hydrogens is 281 g/mol. The van der Waals surface area contributed by atoms with Gasteiger partial charge >= 0.3 is 0 Å². The van der Waals surface area contributed by atoms with Gasteiger partial charge in [0.05, 0.1) is 5.75 Å². The van der Waals surface area contributed by atoms with Crippen molar-refractivity contribution in [3.8, 4) is 0 Å². The molecule has 1 amide bonds. The first-order valence-electron chi connectivity index (χ1n) is 5.83. The normalized spacial score (nSPS) is 10.6. The summed E-state index contributed by atoms with van der Waals surface area (Å²) in [4.78, 5) is 11.7.